The second kappa shape index (κ2) is 9.62. The number of sulfone groups is 1. The van der Waals surface area contributed by atoms with Gasteiger partial charge >= 0.3 is 0 Å². The summed E-state index contributed by atoms with van der Waals surface area (Å²) in [5.41, 5.74) is 0.818. The number of ketones is 1. The number of likely N-dealkylation sites (N-methyl/N-ethyl adjacent to an activating group) is 1. The van der Waals surface area contributed by atoms with Gasteiger partial charge in [-0.1, -0.05) is 12.1 Å². The number of fused-ring (bicyclic) bond motifs is 1. The maximum Gasteiger partial charge on any atom is 0.267 e. The SMILES string of the molecule is CCOc1ccccc1NC(=O)CS(=O)(=O)C(C)C(=O)c1ccc2c(c1)N(C)C(=O)C(C)O2. The summed E-state index contributed by atoms with van der Waals surface area (Å²) in [7, 11) is -2.57. The molecule has 2 unspecified atom stereocenters. The molecular weight excluding hydrogens is 448 g/mol. The first-order chi connectivity index (χ1) is 15.5. The van der Waals surface area contributed by atoms with Crippen molar-refractivity contribution in [2.75, 3.05) is 29.6 Å². The van der Waals surface area contributed by atoms with Crippen molar-refractivity contribution in [2.24, 2.45) is 0 Å². The zero-order chi connectivity index (χ0) is 24.3. The maximum atomic E-state index is 12.9. The molecule has 1 aliphatic heterocycles. The number of anilines is 2. The number of carbonyl (C=O) groups is 3. The number of carbonyl (C=O) groups excluding carboxylic acids is 3. The van der Waals surface area contributed by atoms with E-state index in [9.17, 15) is 22.8 Å². The highest BCUT2D eigenvalue weighted by Crippen LogP contribution is 2.34. The average molecular weight is 475 g/mol. The fraction of sp³-hybridized carbons (Fsp3) is 0.348. The van der Waals surface area contributed by atoms with Crippen molar-refractivity contribution >= 4 is 38.8 Å². The van der Waals surface area contributed by atoms with Gasteiger partial charge in [-0.25, -0.2) is 8.42 Å². The molecule has 9 nitrogen and oxygen atoms in total. The predicted molar refractivity (Wildman–Crippen MR) is 124 cm³/mol. The van der Waals surface area contributed by atoms with Gasteiger partial charge in [0, 0.05) is 12.6 Å². The fourth-order valence-electron chi connectivity index (χ4n) is 3.41. The van der Waals surface area contributed by atoms with Crippen molar-refractivity contribution in [1.29, 1.82) is 0 Å². The summed E-state index contributed by atoms with van der Waals surface area (Å²) in [5.74, 6) is -1.77. The zero-order valence-corrected chi connectivity index (χ0v) is 19.6. The molecule has 0 spiro atoms. The van der Waals surface area contributed by atoms with Crippen molar-refractivity contribution in [3.63, 3.8) is 0 Å². The van der Waals surface area contributed by atoms with Gasteiger partial charge in [0.15, 0.2) is 21.7 Å². The number of para-hydroxylation sites is 2. The maximum absolute atomic E-state index is 12.9. The van der Waals surface area contributed by atoms with E-state index in [0.29, 0.717) is 29.5 Å². The van der Waals surface area contributed by atoms with Crippen LogP contribution >= 0.6 is 0 Å². The second-order valence-electron chi connectivity index (χ2n) is 7.63. The lowest BCUT2D eigenvalue weighted by Gasteiger charge is -2.30. The first-order valence-electron chi connectivity index (χ1n) is 10.4. The summed E-state index contributed by atoms with van der Waals surface area (Å²) in [6.07, 6.45) is -0.658. The monoisotopic (exact) mass is 474 g/mol. The number of Topliss-reactive ketones (excluding diaryl/α,β-unsaturated/α-hetero) is 1. The van der Waals surface area contributed by atoms with E-state index in [-0.39, 0.29) is 11.5 Å². The molecule has 176 valence electrons. The van der Waals surface area contributed by atoms with E-state index < -0.39 is 38.6 Å². The molecule has 3 rings (SSSR count). The van der Waals surface area contributed by atoms with Gasteiger partial charge < -0.3 is 19.7 Å². The van der Waals surface area contributed by atoms with Crippen molar-refractivity contribution in [3.8, 4) is 11.5 Å². The molecule has 0 aromatic heterocycles. The van der Waals surface area contributed by atoms with Crippen LogP contribution in [0.15, 0.2) is 42.5 Å². The summed E-state index contributed by atoms with van der Waals surface area (Å²) in [4.78, 5) is 38.9. The van der Waals surface area contributed by atoms with Gasteiger partial charge in [-0.15, -0.1) is 0 Å². The third-order valence-electron chi connectivity index (χ3n) is 5.29. The molecule has 0 radical (unpaired) electrons. The second-order valence-corrected chi connectivity index (χ2v) is 9.95. The van der Waals surface area contributed by atoms with Crippen molar-refractivity contribution in [1.82, 2.24) is 0 Å². The summed E-state index contributed by atoms with van der Waals surface area (Å²) in [5, 5.41) is 1.06. The summed E-state index contributed by atoms with van der Waals surface area (Å²) < 4.78 is 36.6. The van der Waals surface area contributed by atoms with Crippen LogP contribution in [0.3, 0.4) is 0 Å². The zero-order valence-electron chi connectivity index (χ0n) is 18.8. The molecule has 0 bridgehead atoms. The molecule has 0 saturated carbocycles. The minimum Gasteiger partial charge on any atom is -0.492 e. The number of benzene rings is 2. The molecule has 0 aliphatic carbocycles. The topological polar surface area (TPSA) is 119 Å². The molecule has 2 amide bonds. The van der Waals surface area contributed by atoms with E-state index in [0.717, 1.165) is 0 Å². The molecule has 2 atom stereocenters. The normalized spacial score (nSPS) is 16.4. The van der Waals surface area contributed by atoms with Crippen LogP contribution in [0.25, 0.3) is 0 Å². The Morgan fingerprint density at radius 2 is 1.91 bits per heavy atom. The molecule has 1 N–H and O–H groups in total. The number of nitrogens with one attached hydrogen (secondary N) is 1. The van der Waals surface area contributed by atoms with Crippen molar-refractivity contribution < 1.29 is 32.3 Å². The van der Waals surface area contributed by atoms with Crippen LogP contribution in [0.1, 0.15) is 31.1 Å². The summed E-state index contributed by atoms with van der Waals surface area (Å²) >= 11 is 0. The Balaban J connectivity index is 1.75. The molecule has 0 saturated heterocycles. The van der Waals surface area contributed by atoms with Crippen LogP contribution in [-0.4, -0.2) is 56.8 Å². The predicted octanol–water partition coefficient (Wildman–Crippen LogP) is 2.45. The molecule has 10 heteroatoms. The summed E-state index contributed by atoms with van der Waals surface area (Å²) in [6, 6.07) is 11.1. The highest BCUT2D eigenvalue weighted by molar-refractivity contribution is 7.93. The molecule has 1 aliphatic rings. The average Bonchev–Trinajstić information content (AvgIpc) is 2.77. The largest absolute Gasteiger partial charge is 0.492 e. The Hall–Kier alpha value is -3.40. The molecule has 1 heterocycles. The van der Waals surface area contributed by atoms with E-state index in [1.165, 1.54) is 30.0 Å². The Morgan fingerprint density at radius 3 is 2.61 bits per heavy atom. The quantitative estimate of drug-likeness (QED) is 0.584. The summed E-state index contributed by atoms with van der Waals surface area (Å²) in [6.45, 7) is 5.03. The standard InChI is InChI=1S/C23H26N2O7S/c1-5-31-19-9-7-6-8-17(19)24-21(26)13-33(29,30)15(3)22(27)16-10-11-20-18(12-16)25(4)23(28)14(2)32-20/h6-12,14-15H,5,13H2,1-4H3,(H,24,26). The lowest BCUT2D eigenvalue weighted by atomic mass is 10.1. The number of nitrogens with zero attached hydrogens (tertiary/aromatic N) is 1. The molecule has 2 aromatic rings. The number of hydrogen-bond donors (Lipinski definition) is 1. The van der Waals surface area contributed by atoms with Crippen LogP contribution in [0, 0.1) is 0 Å². The molecule has 0 fully saturated rings. The van der Waals surface area contributed by atoms with E-state index in [1.54, 1.807) is 45.2 Å². The lowest BCUT2D eigenvalue weighted by molar-refractivity contribution is -0.125. The number of amides is 2. The minimum absolute atomic E-state index is 0.102. The Labute approximate surface area is 192 Å². The smallest absolute Gasteiger partial charge is 0.267 e. The van der Waals surface area contributed by atoms with Crippen molar-refractivity contribution in [3.05, 3.63) is 48.0 Å². The van der Waals surface area contributed by atoms with Crippen molar-refractivity contribution in [2.45, 2.75) is 32.1 Å². The van der Waals surface area contributed by atoms with E-state index in [2.05, 4.69) is 5.32 Å². The lowest BCUT2D eigenvalue weighted by Crippen LogP contribution is -2.42. The Bertz CT molecular complexity index is 1190. The highest BCUT2D eigenvalue weighted by Gasteiger charge is 2.33. The molecule has 2 aromatic carbocycles. The Morgan fingerprint density at radius 1 is 1.21 bits per heavy atom. The Kier molecular flexibility index (Phi) is 7.06. The molecular formula is C23H26N2O7S. The number of hydrogen-bond acceptors (Lipinski definition) is 7. The highest BCUT2D eigenvalue weighted by atomic mass is 32.2. The third kappa shape index (κ3) is 5.16. The van der Waals surface area contributed by atoms with Gasteiger partial charge in [0.05, 0.1) is 18.0 Å². The van der Waals surface area contributed by atoms with Crippen LogP contribution in [-0.2, 0) is 19.4 Å². The van der Waals surface area contributed by atoms with Crippen LogP contribution < -0.4 is 19.7 Å². The van der Waals surface area contributed by atoms with Crippen LogP contribution in [0.2, 0.25) is 0 Å². The number of rotatable bonds is 8. The van der Waals surface area contributed by atoms with E-state index >= 15 is 0 Å². The minimum atomic E-state index is -4.12. The van der Waals surface area contributed by atoms with Crippen LogP contribution in [0.5, 0.6) is 11.5 Å². The first-order valence-corrected chi connectivity index (χ1v) is 12.1. The van der Waals surface area contributed by atoms with Gasteiger partial charge in [0.25, 0.3) is 5.91 Å². The van der Waals surface area contributed by atoms with Gasteiger partial charge in [-0.3, -0.25) is 14.4 Å². The third-order valence-corrected chi connectivity index (χ3v) is 7.24. The van der Waals surface area contributed by atoms with E-state index in [4.69, 9.17) is 9.47 Å². The van der Waals surface area contributed by atoms with Gasteiger partial charge in [-0.05, 0) is 51.1 Å². The van der Waals surface area contributed by atoms with Gasteiger partial charge in [0.2, 0.25) is 5.91 Å². The molecule has 33 heavy (non-hydrogen) atoms. The fourth-order valence-corrected chi connectivity index (χ4v) is 4.56. The van der Waals surface area contributed by atoms with Crippen LogP contribution in [0.4, 0.5) is 11.4 Å². The van der Waals surface area contributed by atoms with Gasteiger partial charge in [-0.2, -0.15) is 0 Å². The van der Waals surface area contributed by atoms with E-state index in [1.807, 2.05) is 0 Å². The number of ether oxygens (including phenoxy) is 2. The first kappa shape index (κ1) is 24.2. The van der Waals surface area contributed by atoms with Gasteiger partial charge in [0.1, 0.15) is 22.5 Å².